The van der Waals surface area contributed by atoms with Gasteiger partial charge >= 0.3 is 0 Å². The second-order valence-corrected chi connectivity index (χ2v) is 10.0. The van der Waals surface area contributed by atoms with Crippen LogP contribution in [-0.2, 0) is 11.3 Å². The maximum absolute atomic E-state index is 13.1. The van der Waals surface area contributed by atoms with Gasteiger partial charge < -0.3 is 19.4 Å². The lowest BCUT2D eigenvalue weighted by Gasteiger charge is -2.30. The van der Waals surface area contributed by atoms with Gasteiger partial charge in [-0.25, -0.2) is 0 Å². The van der Waals surface area contributed by atoms with E-state index in [2.05, 4.69) is 39.2 Å². The van der Waals surface area contributed by atoms with Gasteiger partial charge in [-0.1, -0.05) is 6.07 Å². The van der Waals surface area contributed by atoms with Crippen LogP contribution in [0.2, 0.25) is 0 Å². The normalized spacial score (nSPS) is 16.1. The number of hydrogen-bond acceptors (Lipinski definition) is 6. The Morgan fingerprint density at radius 2 is 1.88 bits per heavy atom. The number of likely N-dealkylation sites (tertiary alicyclic amines) is 1. The summed E-state index contributed by atoms with van der Waals surface area (Å²) in [7, 11) is 0. The molecule has 2 aliphatic rings. The summed E-state index contributed by atoms with van der Waals surface area (Å²) in [6.45, 7) is 6.95. The van der Waals surface area contributed by atoms with Crippen molar-refractivity contribution in [3.63, 3.8) is 0 Å². The minimum atomic E-state index is -0.0624. The smallest absolute Gasteiger partial charge is 0.231 e. The van der Waals surface area contributed by atoms with Gasteiger partial charge in [0.05, 0.1) is 13.1 Å². The molecule has 0 bridgehead atoms. The molecule has 7 nitrogen and oxygen atoms in total. The summed E-state index contributed by atoms with van der Waals surface area (Å²) in [6.07, 6.45) is 1.47. The molecule has 0 atom stereocenters. The summed E-state index contributed by atoms with van der Waals surface area (Å²) in [5.41, 5.74) is 3.64. The Morgan fingerprint density at radius 3 is 2.65 bits per heavy atom. The fourth-order valence-corrected chi connectivity index (χ4v) is 5.44. The van der Waals surface area contributed by atoms with Crippen LogP contribution in [0.1, 0.15) is 39.5 Å². The van der Waals surface area contributed by atoms with E-state index in [0.29, 0.717) is 23.7 Å². The number of piperidine rings is 1. The molecule has 34 heavy (non-hydrogen) atoms. The first kappa shape index (κ1) is 22.7. The SMILES string of the molecule is Cc1cc(C(=O)CN2CCC(C(=O)Nc3ccc4c(c3)OCO4)CC2)c(C)n1Cc1cccs1. The number of nitrogens with zero attached hydrogens (tertiary/aromatic N) is 2. The number of ether oxygens (including phenoxy) is 2. The zero-order chi connectivity index (χ0) is 23.7. The first-order chi connectivity index (χ1) is 16.5. The minimum Gasteiger partial charge on any atom is -0.454 e. The Bertz CT molecular complexity index is 1190. The number of carbonyl (C=O) groups is 2. The molecule has 1 aromatic carbocycles. The number of anilines is 1. The first-order valence-electron chi connectivity index (χ1n) is 11.6. The highest BCUT2D eigenvalue weighted by Crippen LogP contribution is 2.34. The van der Waals surface area contributed by atoms with Gasteiger partial charge in [0.15, 0.2) is 17.3 Å². The number of rotatable bonds is 7. The fraction of sp³-hybridized carbons (Fsp3) is 0.385. The van der Waals surface area contributed by atoms with Crippen LogP contribution in [0.25, 0.3) is 0 Å². The fourth-order valence-electron chi connectivity index (χ4n) is 4.75. The topological polar surface area (TPSA) is 72.8 Å². The van der Waals surface area contributed by atoms with E-state index in [1.54, 1.807) is 17.4 Å². The lowest BCUT2D eigenvalue weighted by Crippen LogP contribution is -2.40. The van der Waals surface area contributed by atoms with Crippen LogP contribution in [0.3, 0.4) is 0 Å². The molecule has 0 spiro atoms. The predicted octanol–water partition coefficient (Wildman–Crippen LogP) is 4.48. The number of benzene rings is 1. The molecule has 0 aliphatic carbocycles. The Balaban J connectivity index is 1.14. The largest absolute Gasteiger partial charge is 0.454 e. The van der Waals surface area contributed by atoms with Gasteiger partial charge in [-0.2, -0.15) is 0 Å². The highest BCUT2D eigenvalue weighted by Gasteiger charge is 2.27. The molecule has 1 saturated heterocycles. The average molecular weight is 480 g/mol. The summed E-state index contributed by atoms with van der Waals surface area (Å²) >= 11 is 1.73. The van der Waals surface area contributed by atoms with Crippen LogP contribution in [0.5, 0.6) is 11.5 Å². The molecule has 178 valence electrons. The van der Waals surface area contributed by atoms with E-state index in [-0.39, 0.29) is 24.4 Å². The lowest BCUT2D eigenvalue weighted by atomic mass is 9.95. The summed E-state index contributed by atoms with van der Waals surface area (Å²) < 4.78 is 12.9. The van der Waals surface area contributed by atoms with Gasteiger partial charge in [-0.15, -0.1) is 11.3 Å². The van der Waals surface area contributed by atoms with E-state index < -0.39 is 0 Å². The van der Waals surface area contributed by atoms with E-state index in [9.17, 15) is 9.59 Å². The molecule has 4 heterocycles. The van der Waals surface area contributed by atoms with Crippen LogP contribution < -0.4 is 14.8 Å². The Labute approximate surface area is 203 Å². The quantitative estimate of drug-likeness (QED) is 0.506. The molecule has 1 amide bonds. The molecule has 0 radical (unpaired) electrons. The highest BCUT2D eigenvalue weighted by molar-refractivity contribution is 7.09. The number of amides is 1. The summed E-state index contributed by atoms with van der Waals surface area (Å²) in [6, 6.07) is 11.6. The van der Waals surface area contributed by atoms with Crippen LogP contribution in [0, 0.1) is 19.8 Å². The first-order valence-corrected chi connectivity index (χ1v) is 12.5. The van der Waals surface area contributed by atoms with Crippen molar-refractivity contribution in [3.8, 4) is 11.5 Å². The Hall–Kier alpha value is -3.10. The van der Waals surface area contributed by atoms with Gasteiger partial charge in [0.1, 0.15) is 0 Å². The molecule has 0 unspecified atom stereocenters. The van der Waals surface area contributed by atoms with Crippen LogP contribution in [0.4, 0.5) is 5.69 Å². The zero-order valence-electron chi connectivity index (χ0n) is 19.5. The Morgan fingerprint density at radius 1 is 1.09 bits per heavy atom. The molecular formula is C26H29N3O4S. The van der Waals surface area contributed by atoms with Gasteiger partial charge in [0, 0.05) is 39.5 Å². The third-order valence-corrected chi connectivity index (χ3v) is 7.59. The summed E-state index contributed by atoms with van der Waals surface area (Å²) in [5.74, 6) is 1.45. The van der Waals surface area contributed by atoms with Crippen LogP contribution in [-0.4, -0.2) is 47.6 Å². The Kier molecular flexibility index (Phi) is 6.43. The standard InChI is InChI=1S/C26H29N3O4S/c1-17-12-22(18(2)29(17)14-21-4-3-11-34-21)23(30)15-28-9-7-19(8-10-28)26(31)27-20-5-6-24-25(13-20)33-16-32-24/h3-6,11-13,19H,7-10,14-16H2,1-2H3,(H,27,31). The average Bonchev–Trinajstić information content (AvgIpc) is 3.57. The van der Waals surface area contributed by atoms with Crippen molar-refractivity contribution >= 4 is 28.7 Å². The van der Waals surface area contributed by atoms with Crippen molar-refractivity contribution in [1.29, 1.82) is 0 Å². The minimum absolute atomic E-state index is 0.0157. The molecule has 0 saturated carbocycles. The van der Waals surface area contributed by atoms with Gasteiger partial charge in [-0.3, -0.25) is 14.5 Å². The number of fused-ring (bicyclic) bond motifs is 1. The number of thiophene rings is 1. The maximum Gasteiger partial charge on any atom is 0.231 e. The molecule has 3 aromatic rings. The van der Waals surface area contributed by atoms with Crippen molar-refractivity contribution < 1.29 is 19.1 Å². The lowest BCUT2D eigenvalue weighted by molar-refractivity contribution is -0.121. The number of hydrogen-bond donors (Lipinski definition) is 1. The molecular weight excluding hydrogens is 450 g/mol. The molecule has 1 fully saturated rings. The summed E-state index contributed by atoms with van der Waals surface area (Å²) in [4.78, 5) is 29.3. The van der Waals surface area contributed by atoms with Gasteiger partial charge in [-0.05, 0) is 69.4 Å². The van der Waals surface area contributed by atoms with Crippen molar-refractivity contribution in [2.75, 3.05) is 31.7 Å². The zero-order valence-corrected chi connectivity index (χ0v) is 20.3. The second-order valence-electron chi connectivity index (χ2n) is 8.98. The van der Waals surface area contributed by atoms with Crippen molar-refractivity contribution in [2.24, 2.45) is 5.92 Å². The van der Waals surface area contributed by atoms with E-state index >= 15 is 0 Å². The summed E-state index contributed by atoms with van der Waals surface area (Å²) in [5, 5.41) is 5.07. The number of ketones is 1. The maximum atomic E-state index is 13.1. The number of Topliss-reactive ketones (excluding diaryl/α,β-unsaturated/α-hetero) is 1. The van der Waals surface area contributed by atoms with Crippen molar-refractivity contribution in [2.45, 2.75) is 33.2 Å². The van der Waals surface area contributed by atoms with E-state index in [1.165, 1.54) is 4.88 Å². The van der Waals surface area contributed by atoms with Crippen molar-refractivity contribution in [3.05, 3.63) is 63.6 Å². The second kappa shape index (κ2) is 9.64. The monoisotopic (exact) mass is 479 g/mol. The number of aromatic nitrogens is 1. The third-order valence-electron chi connectivity index (χ3n) is 6.73. The molecule has 8 heteroatoms. The van der Waals surface area contributed by atoms with Crippen LogP contribution >= 0.6 is 11.3 Å². The van der Waals surface area contributed by atoms with E-state index in [1.807, 2.05) is 25.1 Å². The third kappa shape index (κ3) is 4.74. The predicted molar refractivity (Wildman–Crippen MR) is 132 cm³/mol. The molecule has 2 aromatic heterocycles. The number of aryl methyl sites for hydroxylation is 1. The molecule has 5 rings (SSSR count). The van der Waals surface area contributed by atoms with Gasteiger partial charge in [0.2, 0.25) is 12.7 Å². The number of nitrogens with one attached hydrogen (secondary N) is 1. The van der Waals surface area contributed by atoms with E-state index in [0.717, 1.165) is 49.4 Å². The number of carbonyl (C=O) groups excluding carboxylic acids is 2. The van der Waals surface area contributed by atoms with E-state index in [4.69, 9.17) is 9.47 Å². The van der Waals surface area contributed by atoms with Gasteiger partial charge in [0.25, 0.3) is 0 Å². The molecule has 1 N–H and O–H groups in total. The van der Waals surface area contributed by atoms with Crippen molar-refractivity contribution in [1.82, 2.24) is 9.47 Å². The van der Waals surface area contributed by atoms with Crippen LogP contribution in [0.15, 0.2) is 41.8 Å². The highest BCUT2D eigenvalue weighted by atomic mass is 32.1. The molecule has 2 aliphatic heterocycles.